The number of aromatic nitrogens is 1. The van der Waals surface area contributed by atoms with E-state index < -0.39 is 50.0 Å². The fourth-order valence-corrected chi connectivity index (χ4v) is 2.39. The Labute approximate surface area is 118 Å². The minimum atomic E-state index is -5.51. The second-order valence-corrected chi connectivity index (χ2v) is 6.00. The Bertz CT molecular complexity index is 643. The average molecular weight is 359 g/mol. The lowest BCUT2D eigenvalue weighted by Crippen LogP contribution is -2.24. The lowest BCUT2D eigenvalue weighted by atomic mass is 10.2. The van der Waals surface area contributed by atoms with E-state index in [9.17, 15) is 34.8 Å². The Balaban J connectivity index is 3.73. The first-order valence-corrected chi connectivity index (χ1v) is 7.08. The molecule has 0 atom stereocenters. The molecule has 1 rings (SSSR count). The molecule has 0 amide bonds. The van der Waals surface area contributed by atoms with Crippen LogP contribution in [0.25, 0.3) is 0 Å². The highest BCUT2D eigenvalue weighted by Crippen LogP contribution is 2.41. The summed E-state index contributed by atoms with van der Waals surface area (Å²) in [5, 5.41) is 0. The van der Waals surface area contributed by atoms with Gasteiger partial charge in [-0.05, 0) is 0 Å². The standard InChI is InChI=1S/C8H5ClF6N2O3S/c9-21(18,19)4-2-17-6(7(10,11)12)5(3(4)1-16)20-8(13,14)15/h2H,1,16H2. The lowest BCUT2D eigenvalue weighted by Gasteiger charge is -2.18. The van der Waals surface area contributed by atoms with Crippen LogP contribution >= 0.6 is 10.7 Å². The van der Waals surface area contributed by atoms with Crippen LogP contribution < -0.4 is 10.5 Å². The fraction of sp³-hybridized carbons (Fsp3) is 0.375. The first-order valence-electron chi connectivity index (χ1n) is 4.77. The van der Waals surface area contributed by atoms with Crippen LogP contribution in [0.2, 0.25) is 0 Å². The predicted octanol–water partition coefficient (Wildman–Crippen LogP) is 2.39. The number of nitrogens with zero attached hydrogens (tertiary/aromatic N) is 1. The summed E-state index contributed by atoms with van der Waals surface area (Å²) in [4.78, 5) is 1.54. The van der Waals surface area contributed by atoms with Crippen molar-refractivity contribution in [2.45, 2.75) is 24.0 Å². The van der Waals surface area contributed by atoms with Gasteiger partial charge in [-0.25, -0.2) is 13.4 Å². The second kappa shape index (κ2) is 5.50. The molecule has 5 nitrogen and oxygen atoms in total. The second-order valence-electron chi connectivity index (χ2n) is 3.47. The van der Waals surface area contributed by atoms with E-state index >= 15 is 0 Å². The average Bonchev–Trinajstić information content (AvgIpc) is 2.23. The van der Waals surface area contributed by atoms with Gasteiger partial charge in [0.25, 0.3) is 9.05 Å². The van der Waals surface area contributed by atoms with Crippen molar-refractivity contribution in [2.75, 3.05) is 0 Å². The van der Waals surface area contributed by atoms with Crippen LogP contribution in [0.5, 0.6) is 5.75 Å². The number of nitrogens with two attached hydrogens (primary N) is 1. The molecule has 1 aromatic rings. The summed E-state index contributed by atoms with van der Waals surface area (Å²) < 4.78 is 100. The smallest absolute Gasteiger partial charge is 0.403 e. The molecule has 0 aromatic carbocycles. The number of hydrogen-bond donors (Lipinski definition) is 1. The van der Waals surface area contributed by atoms with Gasteiger partial charge in [-0.15, -0.1) is 13.2 Å². The highest BCUT2D eigenvalue weighted by Gasteiger charge is 2.43. The van der Waals surface area contributed by atoms with Gasteiger partial charge in [-0.3, -0.25) is 0 Å². The number of pyridine rings is 1. The largest absolute Gasteiger partial charge is 0.573 e. The molecule has 0 aliphatic heterocycles. The lowest BCUT2D eigenvalue weighted by molar-refractivity contribution is -0.276. The zero-order valence-electron chi connectivity index (χ0n) is 9.59. The van der Waals surface area contributed by atoms with Gasteiger partial charge >= 0.3 is 12.5 Å². The molecular weight excluding hydrogens is 354 g/mol. The predicted molar refractivity (Wildman–Crippen MR) is 56.9 cm³/mol. The molecule has 0 aliphatic carbocycles. The van der Waals surface area contributed by atoms with Crippen LogP contribution in [0.15, 0.2) is 11.1 Å². The molecule has 21 heavy (non-hydrogen) atoms. The summed E-state index contributed by atoms with van der Waals surface area (Å²) >= 11 is 0. The summed E-state index contributed by atoms with van der Waals surface area (Å²) in [5.74, 6) is -1.85. The minimum Gasteiger partial charge on any atom is -0.403 e. The number of rotatable bonds is 3. The van der Waals surface area contributed by atoms with E-state index in [2.05, 4.69) is 9.72 Å². The Morgan fingerprint density at radius 3 is 2.10 bits per heavy atom. The molecule has 0 spiro atoms. The van der Waals surface area contributed by atoms with E-state index in [0.717, 1.165) is 0 Å². The summed E-state index contributed by atoms with van der Waals surface area (Å²) in [5.41, 5.74) is 1.87. The van der Waals surface area contributed by atoms with Crippen molar-refractivity contribution in [3.8, 4) is 5.75 Å². The van der Waals surface area contributed by atoms with Crippen LogP contribution in [0.4, 0.5) is 26.3 Å². The van der Waals surface area contributed by atoms with Gasteiger partial charge in [0.2, 0.25) is 0 Å². The van der Waals surface area contributed by atoms with E-state index in [-0.39, 0.29) is 6.20 Å². The first-order chi connectivity index (χ1) is 9.27. The van der Waals surface area contributed by atoms with Crippen molar-refractivity contribution in [1.29, 1.82) is 0 Å². The fourth-order valence-electron chi connectivity index (χ4n) is 1.35. The zero-order valence-corrected chi connectivity index (χ0v) is 11.2. The van der Waals surface area contributed by atoms with E-state index in [1.54, 1.807) is 0 Å². The van der Waals surface area contributed by atoms with Crippen molar-refractivity contribution in [2.24, 2.45) is 5.73 Å². The van der Waals surface area contributed by atoms with Gasteiger partial charge < -0.3 is 10.5 Å². The third-order valence-corrected chi connectivity index (χ3v) is 3.43. The van der Waals surface area contributed by atoms with Crippen LogP contribution in [0.3, 0.4) is 0 Å². The van der Waals surface area contributed by atoms with Crippen molar-refractivity contribution >= 4 is 19.7 Å². The highest BCUT2D eigenvalue weighted by atomic mass is 35.7. The van der Waals surface area contributed by atoms with Crippen LogP contribution in [-0.2, 0) is 21.8 Å². The quantitative estimate of drug-likeness (QED) is 0.662. The maximum Gasteiger partial charge on any atom is 0.573 e. The van der Waals surface area contributed by atoms with Crippen LogP contribution in [0, 0.1) is 0 Å². The van der Waals surface area contributed by atoms with Crippen molar-refractivity contribution in [3.05, 3.63) is 17.5 Å². The van der Waals surface area contributed by atoms with Crippen molar-refractivity contribution in [1.82, 2.24) is 4.98 Å². The summed E-state index contributed by atoms with van der Waals surface area (Å²) in [6.45, 7) is -1.00. The Hall–Kier alpha value is -1.27. The first kappa shape index (κ1) is 17.8. The van der Waals surface area contributed by atoms with Gasteiger partial charge in [0, 0.05) is 29.0 Å². The van der Waals surface area contributed by atoms with Gasteiger partial charge in [-0.2, -0.15) is 13.2 Å². The highest BCUT2D eigenvalue weighted by molar-refractivity contribution is 8.13. The Kier molecular flexibility index (Phi) is 4.65. The van der Waals surface area contributed by atoms with Crippen molar-refractivity contribution < 1.29 is 39.5 Å². The third-order valence-electron chi connectivity index (χ3n) is 2.05. The molecule has 13 heteroatoms. The number of halogens is 7. The number of alkyl halides is 6. The molecule has 0 saturated heterocycles. The molecule has 0 bridgehead atoms. The van der Waals surface area contributed by atoms with E-state index in [1.165, 1.54) is 0 Å². The van der Waals surface area contributed by atoms with E-state index in [4.69, 9.17) is 16.4 Å². The number of hydrogen-bond acceptors (Lipinski definition) is 5. The van der Waals surface area contributed by atoms with Crippen molar-refractivity contribution in [3.63, 3.8) is 0 Å². The number of ether oxygens (including phenoxy) is 1. The molecule has 0 radical (unpaired) electrons. The Morgan fingerprint density at radius 1 is 1.24 bits per heavy atom. The molecule has 2 N–H and O–H groups in total. The van der Waals surface area contributed by atoms with E-state index in [0.29, 0.717) is 0 Å². The Morgan fingerprint density at radius 2 is 1.76 bits per heavy atom. The molecule has 0 unspecified atom stereocenters. The SMILES string of the molecule is NCc1c(S(=O)(=O)Cl)cnc(C(F)(F)F)c1OC(F)(F)F. The van der Waals surface area contributed by atoms with Gasteiger partial charge in [-0.1, -0.05) is 0 Å². The molecular formula is C8H5ClF6N2O3S. The molecule has 0 fully saturated rings. The van der Waals surface area contributed by atoms with E-state index in [1.807, 2.05) is 0 Å². The molecule has 0 aliphatic rings. The van der Waals surface area contributed by atoms with Gasteiger partial charge in [0.05, 0.1) is 0 Å². The van der Waals surface area contributed by atoms with Gasteiger partial charge in [0.1, 0.15) is 4.90 Å². The molecule has 1 aromatic heterocycles. The summed E-state index contributed by atoms with van der Waals surface area (Å²) in [7, 11) is 0.240. The molecule has 0 saturated carbocycles. The maximum absolute atomic E-state index is 12.6. The maximum atomic E-state index is 12.6. The third kappa shape index (κ3) is 4.35. The van der Waals surface area contributed by atoms with Crippen LogP contribution in [0.1, 0.15) is 11.3 Å². The normalized spacial score (nSPS) is 13.3. The monoisotopic (exact) mass is 358 g/mol. The summed E-state index contributed by atoms with van der Waals surface area (Å²) in [6, 6.07) is 0. The molecule has 1 heterocycles. The molecule has 120 valence electrons. The zero-order chi connectivity index (χ0) is 16.6. The van der Waals surface area contributed by atoms with Gasteiger partial charge in [0.15, 0.2) is 11.4 Å². The minimum absolute atomic E-state index is 0.163. The topological polar surface area (TPSA) is 82.3 Å². The van der Waals surface area contributed by atoms with Crippen LogP contribution in [-0.4, -0.2) is 19.8 Å². The summed E-state index contributed by atoms with van der Waals surface area (Å²) in [6.07, 6.45) is -10.7.